The maximum absolute atomic E-state index is 11.7. The Hall–Kier alpha value is -1.83. The van der Waals surface area contributed by atoms with Crippen molar-refractivity contribution >= 4 is 5.69 Å². The van der Waals surface area contributed by atoms with E-state index in [1.807, 2.05) is 13.8 Å². The van der Waals surface area contributed by atoms with Crippen molar-refractivity contribution in [3.05, 3.63) is 22.6 Å². The summed E-state index contributed by atoms with van der Waals surface area (Å²) >= 11 is 0. The average molecular weight is 248 g/mol. The number of unbranched alkanes of at least 4 members (excludes halogenated alkanes) is 1. The van der Waals surface area contributed by atoms with Gasteiger partial charge in [0.15, 0.2) is 0 Å². The third kappa shape index (κ3) is 4.21. The van der Waals surface area contributed by atoms with Crippen molar-refractivity contribution < 1.29 is 0 Å². The molecule has 0 aliphatic rings. The van der Waals surface area contributed by atoms with Gasteiger partial charge in [-0.15, -0.1) is 0 Å². The Balaban J connectivity index is 2.46. The molecule has 1 rings (SSSR count). The van der Waals surface area contributed by atoms with E-state index in [4.69, 9.17) is 5.26 Å². The fourth-order valence-corrected chi connectivity index (χ4v) is 1.62. The number of hydrogen-bond acceptors (Lipinski definition) is 4. The van der Waals surface area contributed by atoms with Crippen LogP contribution in [0.15, 0.2) is 17.1 Å². The summed E-state index contributed by atoms with van der Waals surface area (Å²) in [6.07, 6.45) is 4.26. The zero-order valence-electron chi connectivity index (χ0n) is 11.2. The van der Waals surface area contributed by atoms with Crippen molar-refractivity contribution in [3.63, 3.8) is 0 Å². The number of nitriles is 1. The molecule has 1 aromatic heterocycles. The number of aromatic nitrogens is 2. The minimum Gasteiger partial charge on any atom is -0.387 e. The van der Waals surface area contributed by atoms with Gasteiger partial charge in [0.05, 0.1) is 23.4 Å². The fourth-order valence-electron chi connectivity index (χ4n) is 1.62. The standard InChI is InChI=1S/C13H20N4O/c1-13(2,10-14)6-4-5-7-17-12(18)8-11(15-3)9-16-17/h8-9,15H,4-7H2,1-3H3. The molecule has 1 aromatic rings. The summed E-state index contributed by atoms with van der Waals surface area (Å²) in [4.78, 5) is 11.7. The number of rotatable bonds is 6. The van der Waals surface area contributed by atoms with Crippen LogP contribution < -0.4 is 10.9 Å². The van der Waals surface area contributed by atoms with Crippen molar-refractivity contribution in [2.24, 2.45) is 5.41 Å². The topological polar surface area (TPSA) is 70.7 Å². The molecule has 0 radical (unpaired) electrons. The van der Waals surface area contributed by atoms with Crippen LogP contribution in [0.2, 0.25) is 0 Å². The Morgan fingerprint density at radius 1 is 1.50 bits per heavy atom. The molecule has 5 heteroatoms. The summed E-state index contributed by atoms with van der Waals surface area (Å²) in [6.45, 7) is 4.46. The molecule has 1 N–H and O–H groups in total. The predicted octanol–water partition coefficient (Wildman–Crippen LogP) is 2.01. The first kappa shape index (κ1) is 14.2. The summed E-state index contributed by atoms with van der Waals surface area (Å²) in [6, 6.07) is 3.81. The molecule has 0 spiro atoms. The van der Waals surface area contributed by atoms with Crippen LogP contribution in [0.4, 0.5) is 5.69 Å². The van der Waals surface area contributed by atoms with Crippen LogP contribution in [0.3, 0.4) is 0 Å². The lowest BCUT2D eigenvalue weighted by molar-refractivity contribution is 0.408. The Kier molecular flexibility index (Phi) is 4.90. The second kappa shape index (κ2) is 6.20. The highest BCUT2D eigenvalue weighted by atomic mass is 16.1. The first-order valence-corrected chi connectivity index (χ1v) is 6.15. The monoisotopic (exact) mass is 248 g/mol. The summed E-state index contributed by atoms with van der Waals surface area (Å²) in [5, 5.41) is 15.8. The molecule has 0 unspecified atom stereocenters. The van der Waals surface area contributed by atoms with Gasteiger partial charge in [-0.05, 0) is 26.7 Å². The van der Waals surface area contributed by atoms with Crippen molar-refractivity contribution in [3.8, 4) is 6.07 Å². The van der Waals surface area contributed by atoms with Crippen molar-refractivity contribution in [1.82, 2.24) is 9.78 Å². The quantitative estimate of drug-likeness (QED) is 0.782. The van der Waals surface area contributed by atoms with Gasteiger partial charge in [-0.2, -0.15) is 10.4 Å². The van der Waals surface area contributed by atoms with Crippen LogP contribution in [0.25, 0.3) is 0 Å². The van der Waals surface area contributed by atoms with Gasteiger partial charge in [-0.25, -0.2) is 4.68 Å². The molecule has 5 nitrogen and oxygen atoms in total. The second-order valence-corrected chi connectivity index (χ2v) is 5.01. The lowest BCUT2D eigenvalue weighted by Crippen LogP contribution is -2.22. The molecular weight excluding hydrogens is 228 g/mol. The normalized spacial score (nSPS) is 11.0. The van der Waals surface area contributed by atoms with E-state index in [0.717, 1.165) is 24.9 Å². The number of aryl methyl sites for hydroxylation is 1. The summed E-state index contributed by atoms with van der Waals surface area (Å²) in [7, 11) is 1.75. The van der Waals surface area contributed by atoms with Gasteiger partial charge >= 0.3 is 0 Å². The summed E-state index contributed by atoms with van der Waals surface area (Å²) in [5.41, 5.74) is 0.345. The maximum atomic E-state index is 11.7. The maximum Gasteiger partial charge on any atom is 0.268 e. The molecule has 0 atom stereocenters. The van der Waals surface area contributed by atoms with Gasteiger partial charge in [0.25, 0.3) is 5.56 Å². The molecule has 0 aliphatic heterocycles. The van der Waals surface area contributed by atoms with Crippen molar-refractivity contribution in [2.75, 3.05) is 12.4 Å². The third-order valence-corrected chi connectivity index (χ3v) is 2.88. The predicted molar refractivity (Wildman–Crippen MR) is 71.3 cm³/mol. The van der Waals surface area contributed by atoms with Crippen molar-refractivity contribution in [2.45, 2.75) is 39.7 Å². The molecule has 0 fully saturated rings. The number of anilines is 1. The highest BCUT2D eigenvalue weighted by Crippen LogP contribution is 2.21. The van der Waals surface area contributed by atoms with Gasteiger partial charge < -0.3 is 5.32 Å². The van der Waals surface area contributed by atoms with Crippen molar-refractivity contribution in [1.29, 1.82) is 5.26 Å². The molecule has 0 saturated heterocycles. The number of nitrogens with zero attached hydrogens (tertiary/aromatic N) is 3. The minimum absolute atomic E-state index is 0.0959. The highest BCUT2D eigenvalue weighted by molar-refractivity contribution is 5.37. The Morgan fingerprint density at radius 3 is 2.78 bits per heavy atom. The van der Waals surface area contributed by atoms with Gasteiger partial charge in [-0.3, -0.25) is 4.79 Å². The zero-order chi connectivity index (χ0) is 13.6. The van der Waals surface area contributed by atoms with E-state index >= 15 is 0 Å². The first-order chi connectivity index (χ1) is 8.48. The molecule has 0 aromatic carbocycles. The second-order valence-electron chi connectivity index (χ2n) is 5.01. The van der Waals surface area contributed by atoms with E-state index < -0.39 is 0 Å². The number of nitrogens with one attached hydrogen (secondary N) is 1. The molecule has 18 heavy (non-hydrogen) atoms. The van der Waals surface area contributed by atoms with Gasteiger partial charge in [0.2, 0.25) is 0 Å². The SMILES string of the molecule is CNc1cnn(CCCCC(C)(C)C#N)c(=O)c1. The van der Waals surface area contributed by atoms with Crippen LogP contribution in [-0.2, 0) is 6.54 Å². The highest BCUT2D eigenvalue weighted by Gasteiger charge is 2.15. The van der Waals surface area contributed by atoms with Crippen LogP contribution in [-0.4, -0.2) is 16.8 Å². The smallest absolute Gasteiger partial charge is 0.268 e. The van der Waals surface area contributed by atoms with Crippen LogP contribution in [0, 0.1) is 16.7 Å². The molecule has 1 heterocycles. The summed E-state index contributed by atoms with van der Waals surface area (Å²) in [5.74, 6) is 0. The molecular formula is C13H20N4O. The van der Waals surface area contributed by atoms with E-state index in [-0.39, 0.29) is 11.0 Å². The molecule has 98 valence electrons. The van der Waals surface area contributed by atoms with E-state index in [1.54, 1.807) is 13.2 Å². The first-order valence-electron chi connectivity index (χ1n) is 6.15. The van der Waals surface area contributed by atoms with Gasteiger partial charge in [0.1, 0.15) is 0 Å². The lowest BCUT2D eigenvalue weighted by atomic mass is 9.89. The Labute approximate surface area is 107 Å². The third-order valence-electron chi connectivity index (χ3n) is 2.88. The van der Waals surface area contributed by atoms with Crippen LogP contribution in [0.5, 0.6) is 0 Å². The van der Waals surface area contributed by atoms with E-state index in [0.29, 0.717) is 6.54 Å². The Morgan fingerprint density at radius 2 is 2.22 bits per heavy atom. The average Bonchev–Trinajstić information content (AvgIpc) is 2.36. The van der Waals surface area contributed by atoms with E-state index in [9.17, 15) is 4.79 Å². The zero-order valence-corrected chi connectivity index (χ0v) is 11.2. The summed E-state index contributed by atoms with van der Waals surface area (Å²) < 4.78 is 1.46. The fraction of sp³-hybridized carbons (Fsp3) is 0.615. The molecule has 0 saturated carbocycles. The Bertz CT molecular complexity index is 484. The lowest BCUT2D eigenvalue weighted by Gasteiger charge is -2.14. The molecule has 0 bridgehead atoms. The van der Waals surface area contributed by atoms with Gasteiger partial charge in [-0.1, -0.05) is 6.42 Å². The largest absolute Gasteiger partial charge is 0.387 e. The van der Waals surface area contributed by atoms with Crippen LogP contribution >= 0.6 is 0 Å². The van der Waals surface area contributed by atoms with E-state index in [1.165, 1.54) is 10.7 Å². The van der Waals surface area contributed by atoms with Gasteiger partial charge in [0, 0.05) is 19.7 Å². The minimum atomic E-state index is -0.283. The molecule has 0 amide bonds. The van der Waals surface area contributed by atoms with Crippen LogP contribution in [0.1, 0.15) is 33.1 Å². The molecule has 0 aliphatic carbocycles. The van der Waals surface area contributed by atoms with E-state index in [2.05, 4.69) is 16.5 Å². The number of hydrogen-bond donors (Lipinski definition) is 1.